The number of nitrogens with one attached hydrogen (secondary N) is 1. The summed E-state index contributed by atoms with van der Waals surface area (Å²) in [7, 11) is 0. The van der Waals surface area contributed by atoms with Gasteiger partial charge in [-0.25, -0.2) is 8.78 Å². The van der Waals surface area contributed by atoms with E-state index in [2.05, 4.69) is 15.6 Å². The molecule has 6 aromatic carbocycles. The normalized spacial score (nSPS) is 10.8. The molecule has 0 radical (unpaired) electrons. The Balaban J connectivity index is 0.000000206. The number of amides is 2. The first-order valence-corrected chi connectivity index (χ1v) is 20.0. The lowest BCUT2D eigenvalue weighted by atomic mass is 9.98. The van der Waals surface area contributed by atoms with Gasteiger partial charge in [0, 0.05) is 19.1 Å². The molecule has 2 amide bonds. The maximum atomic E-state index is 13.6. The van der Waals surface area contributed by atoms with Gasteiger partial charge in [-0.1, -0.05) is 118 Å². The van der Waals surface area contributed by atoms with Crippen molar-refractivity contribution in [2.75, 3.05) is 0 Å². The fraction of sp³-hybridized carbons (Fsp3) is 0.0833. The van der Waals surface area contributed by atoms with E-state index in [-0.39, 0.29) is 58.4 Å². The highest BCUT2D eigenvalue weighted by Gasteiger charge is 2.27. The Morgan fingerprint density at radius 2 is 1.17 bits per heavy atom. The molecule has 0 aliphatic heterocycles. The van der Waals surface area contributed by atoms with Gasteiger partial charge in [-0.3, -0.25) is 9.59 Å². The van der Waals surface area contributed by atoms with Crippen molar-refractivity contribution in [2.24, 2.45) is 5.73 Å². The molecule has 2 heterocycles. The molecule has 0 spiro atoms. The van der Waals surface area contributed by atoms with Gasteiger partial charge in [0.2, 0.25) is 5.91 Å². The summed E-state index contributed by atoms with van der Waals surface area (Å²) in [6.45, 7) is 1.99. The quantitative estimate of drug-likeness (QED) is 0.0868. The van der Waals surface area contributed by atoms with Gasteiger partial charge >= 0.3 is 0 Å². The predicted octanol–water partition coefficient (Wildman–Crippen LogP) is 10.9. The van der Waals surface area contributed by atoms with Gasteiger partial charge in [0.15, 0.2) is 17.2 Å². The average molecular weight is 906 g/mol. The van der Waals surface area contributed by atoms with Crippen molar-refractivity contribution < 1.29 is 47.1 Å². The van der Waals surface area contributed by atoms with E-state index in [1.165, 1.54) is 61.5 Å². The van der Waals surface area contributed by atoms with Gasteiger partial charge in [0.25, 0.3) is 5.91 Å². The molecule has 0 bridgehead atoms. The molecule has 2 aromatic heterocycles. The van der Waals surface area contributed by atoms with E-state index >= 15 is 0 Å². The summed E-state index contributed by atoms with van der Waals surface area (Å²) < 4.78 is 50.1. The van der Waals surface area contributed by atoms with Crippen LogP contribution in [0.5, 0.6) is 23.0 Å². The standard InChI is InChI=1S/C30H22ClFN2O4.C18H14ClFN2O4/c31-24-15-23(29-27(28(30(33)35)34-38-29)21-11-13-22(32)14-12-21)25(36-17-19-7-3-1-4-8-19)16-26(24)37-18-20-9-5-2-6-10-20;1-9(23)21-8-14-17(10-2-4-11(20)5-3-10)18(26-22-14)12-6-13(19)16(25)7-15(12)24/h1-16H,17-18H2,(H2,33,35);2-7,24-25H,8H2,1H3,(H,21,23). The summed E-state index contributed by atoms with van der Waals surface area (Å²) in [4.78, 5) is 23.4. The van der Waals surface area contributed by atoms with Crippen LogP contribution in [0, 0.1) is 11.6 Å². The van der Waals surface area contributed by atoms with Gasteiger partial charge in [-0.15, -0.1) is 0 Å². The van der Waals surface area contributed by atoms with Crippen molar-refractivity contribution in [1.82, 2.24) is 15.6 Å². The highest BCUT2D eigenvalue weighted by Crippen LogP contribution is 2.45. The zero-order chi connectivity index (χ0) is 45.3. The zero-order valence-electron chi connectivity index (χ0n) is 33.7. The minimum absolute atomic E-state index is 0.0164. The topological polar surface area (TPSA) is 183 Å². The number of nitrogens with zero attached hydrogens (tertiary/aromatic N) is 2. The average Bonchev–Trinajstić information content (AvgIpc) is 3.93. The number of ether oxygens (including phenoxy) is 2. The van der Waals surface area contributed by atoms with Crippen molar-refractivity contribution in [1.29, 1.82) is 0 Å². The highest BCUT2D eigenvalue weighted by atomic mass is 35.5. The zero-order valence-corrected chi connectivity index (χ0v) is 35.2. The second kappa shape index (κ2) is 20.0. The van der Waals surface area contributed by atoms with Gasteiger partial charge in [-0.2, -0.15) is 0 Å². The van der Waals surface area contributed by atoms with E-state index in [0.717, 1.165) is 17.2 Å². The number of carbonyl (C=O) groups excluding carboxylic acids is 2. The summed E-state index contributed by atoms with van der Waals surface area (Å²) >= 11 is 12.6. The van der Waals surface area contributed by atoms with Crippen molar-refractivity contribution in [2.45, 2.75) is 26.7 Å². The first kappa shape index (κ1) is 44.4. The number of carbonyl (C=O) groups is 2. The number of hydrogen-bond donors (Lipinski definition) is 4. The van der Waals surface area contributed by atoms with Crippen LogP contribution in [0.1, 0.15) is 34.2 Å². The first-order valence-electron chi connectivity index (χ1n) is 19.3. The number of rotatable bonds is 13. The van der Waals surface area contributed by atoms with Crippen LogP contribution in [0.4, 0.5) is 8.78 Å². The number of phenolic OH excluding ortho intramolecular Hbond substituents is 2. The van der Waals surface area contributed by atoms with Crippen molar-refractivity contribution in [3.05, 3.63) is 178 Å². The minimum Gasteiger partial charge on any atom is -0.507 e. The third-order valence-electron chi connectivity index (χ3n) is 9.52. The lowest BCUT2D eigenvalue weighted by Crippen LogP contribution is -2.19. The van der Waals surface area contributed by atoms with Gasteiger partial charge < -0.3 is 39.8 Å². The van der Waals surface area contributed by atoms with Crippen LogP contribution in [0.15, 0.2) is 143 Å². The summed E-state index contributed by atoms with van der Waals surface area (Å²) in [6.07, 6.45) is 0. The Bertz CT molecular complexity index is 2910. The Labute approximate surface area is 374 Å². The summed E-state index contributed by atoms with van der Waals surface area (Å²) in [5, 5.41) is 30.6. The third kappa shape index (κ3) is 10.5. The second-order valence-electron chi connectivity index (χ2n) is 14.0. The molecule has 0 unspecified atom stereocenters. The van der Waals surface area contributed by atoms with E-state index in [0.29, 0.717) is 56.6 Å². The van der Waals surface area contributed by atoms with Crippen molar-refractivity contribution in [3.63, 3.8) is 0 Å². The molecular formula is C48H36Cl2F2N4O8. The van der Waals surface area contributed by atoms with Crippen LogP contribution in [-0.4, -0.2) is 32.3 Å². The van der Waals surface area contributed by atoms with E-state index in [1.807, 2.05) is 60.7 Å². The fourth-order valence-electron chi connectivity index (χ4n) is 6.42. The van der Waals surface area contributed by atoms with Gasteiger partial charge in [0.05, 0.1) is 38.8 Å². The van der Waals surface area contributed by atoms with E-state index in [9.17, 15) is 28.6 Å². The Morgan fingerprint density at radius 1 is 0.656 bits per heavy atom. The molecule has 12 nitrogen and oxygen atoms in total. The van der Waals surface area contributed by atoms with Gasteiger partial charge in [0.1, 0.15) is 53.5 Å². The molecule has 0 aliphatic carbocycles. The van der Waals surface area contributed by atoms with Crippen LogP contribution in [0.2, 0.25) is 10.0 Å². The van der Waals surface area contributed by atoms with E-state index in [1.54, 1.807) is 12.1 Å². The van der Waals surface area contributed by atoms with Crippen LogP contribution >= 0.6 is 23.2 Å². The van der Waals surface area contributed by atoms with E-state index in [4.69, 9.17) is 47.5 Å². The van der Waals surface area contributed by atoms with E-state index < -0.39 is 17.5 Å². The minimum atomic E-state index is -0.792. The van der Waals surface area contributed by atoms with Crippen LogP contribution in [-0.2, 0) is 24.6 Å². The molecule has 5 N–H and O–H groups in total. The SMILES string of the molecule is CC(=O)NCc1noc(-c2cc(Cl)c(O)cc2O)c1-c1ccc(F)cc1.NC(=O)c1noc(-c2cc(Cl)c(OCc3ccccc3)cc2OCc2ccccc2)c1-c1ccc(F)cc1. The number of nitrogens with two attached hydrogens (primary N) is 1. The lowest BCUT2D eigenvalue weighted by Gasteiger charge is -2.15. The lowest BCUT2D eigenvalue weighted by molar-refractivity contribution is -0.119. The Hall–Kier alpha value is -7.68. The fourth-order valence-corrected chi connectivity index (χ4v) is 6.80. The second-order valence-corrected chi connectivity index (χ2v) is 14.8. The third-order valence-corrected chi connectivity index (χ3v) is 10.1. The molecule has 8 rings (SSSR count). The molecule has 64 heavy (non-hydrogen) atoms. The largest absolute Gasteiger partial charge is 0.507 e. The predicted molar refractivity (Wildman–Crippen MR) is 236 cm³/mol. The number of primary amides is 1. The molecule has 0 saturated carbocycles. The molecule has 8 aromatic rings. The molecule has 0 fully saturated rings. The molecule has 0 atom stereocenters. The molecule has 0 aliphatic rings. The summed E-state index contributed by atoms with van der Waals surface area (Å²) in [5.74, 6) is -1.27. The number of aromatic nitrogens is 2. The highest BCUT2D eigenvalue weighted by molar-refractivity contribution is 6.32. The Morgan fingerprint density at radius 3 is 1.73 bits per heavy atom. The van der Waals surface area contributed by atoms with Crippen molar-refractivity contribution in [3.8, 4) is 67.9 Å². The number of benzene rings is 6. The molecule has 0 saturated heterocycles. The van der Waals surface area contributed by atoms with Crippen LogP contribution < -0.4 is 20.5 Å². The summed E-state index contributed by atoms with van der Waals surface area (Å²) in [6, 6.07) is 36.2. The number of hydrogen-bond acceptors (Lipinski definition) is 10. The maximum absolute atomic E-state index is 13.6. The number of phenols is 2. The molecule has 324 valence electrons. The van der Waals surface area contributed by atoms with Crippen molar-refractivity contribution >= 4 is 35.0 Å². The smallest absolute Gasteiger partial charge is 0.271 e. The monoisotopic (exact) mass is 904 g/mol. The van der Waals surface area contributed by atoms with Crippen LogP contribution in [0.3, 0.4) is 0 Å². The number of halogens is 4. The van der Waals surface area contributed by atoms with Crippen LogP contribution in [0.25, 0.3) is 44.9 Å². The molecule has 16 heteroatoms. The van der Waals surface area contributed by atoms with Gasteiger partial charge in [-0.05, 0) is 58.7 Å². The first-order chi connectivity index (χ1) is 30.9. The Kier molecular flexibility index (Phi) is 13.9. The summed E-state index contributed by atoms with van der Waals surface area (Å²) in [5.41, 5.74) is 10.3. The maximum Gasteiger partial charge on any atom is 0.271 e. The number of aromatic hydroxyl groups is 2. The molecular weight excluding hydrogens is 869 g/mol.